The van der Waals surface area contributed by atoms with Gasteiger partial charge in [0.25, 0.3) is 0 Å². The predicted molar refractivity (Wildman–Crippen MR) is 262 cm³/mol. The lowest BCUT2D eigenvalue weighted by Crippen LogP contribution is -2.38. The summed E-state index contributed by atoms with van der Waals surface area (Å²) in [6.07, 6.45) is 16.0. The van der Waals surface area contributed by atoms with Crippen molar-refractivity contribution in [3.05, 3.63) is 166 Å². The summed E-state index contributed by atoms with van der Waals surface area (Å²) >= 11 is 0. The van der Waals surface area contributed by atoms with E-state index in [-0.39, 0.29) is 12.0 Å². The maximum absolute atomic E-state index is 2.64. The highest BCUT2D eigenvalue weighted by atomic mass is 15.2. The minimum absolute atomic E-state index is 0.0856. The van der Waals surface area contributed by atoms with Gasteiger partial charge in [-0.2, -0.15) is 0 Å². The zero-order valence-corrected chi connectivity index (χ0v) is 38.4. The SMILES string of the molecule is CC(C)C1=CC(N(c2ccc(C(C)C)cc2)c2ccc(C(C)C)cc2)C2C=Cc3c(C(C)C)cc(N(C4=CCC(C(C)C)C=C4)c4ccc(C(C)C)cc4)c4ccc1c2c34. The topological polar surface area (TPSA) is 6.48 Å². The molecule has 5 aromatic carbocycles. The number of allylic oxidation sites excluding steroid dienone is 4. The monoisotopic (exact) mass is 793 g/mol. The van der Waals surface area contributed by atoms with Crippen molar-refractivity contribution in [2.75, 3.05) is 9.80 Å². The van der Waals surface area contributed by atoms with Crippen LogP contribution < -0.4 is 9.80 Å². The van der Waals surface area contributed by atoms with Gasteiger partial charge in [0.1, 0.15) is 0 Å². The molecule has 0 N–H and O–H groups in total. The Morgan fingerprint density at radius 1 is 0.550 bits per heavy atom. The van der Waals surface area contributed by atoms with Gasteiger partial charge >= 0.3 is 0 Å². The molecule has 0 spiro atoms. The van der Waals surface area contributed by atoms with Crippen molar-refractivity contribution < 1.29 is 0 Å². The number of benzene rings is 5. The summed E-state index contributed by atoms with van der Waals surface area (Å²) in [4.78, 5) is 5.21. The molecule has 5 aromatic rings. The van der Waals surface area contributed by atoms with E-state index in [9.17, 15) is 0 Å². The summed E-state index contributed by atoms with van der Waals surface area (Å²) in [5, 5.41) is 2.75. The Hall–Kier alpha value is -5.08. The molecule has 0 saturated carbocycles. The van der Waals surface area contributed by atoms with Crippen LogP contribution in [-0.2, 0) is 0 Å². The van der Waals surface area contributed by atoms with Crippen molar-refractivity contribution in [2.24, 2.45) is 17.8 Å². The molecule has 310 valence electrons. The van der Waals surface area contributed by atoms with Crippen molar-refractivity contribution in [1.29, 1.82) is 0 Å². The van der Waals surface area contributed by atoms with E-state index in [0.29, 0.717) is 41.4 Å². The van der Waals surface area contributed by atoms with Crippen LogP contribution in [-0.4, -0.2) is 6.04 Å². The number of rotatable bonds is 12. The fraction of sp³-hybridized carbons (Fsp3) is 0.379. The van der Waals surface area contributed by atoms with Crippen LogP contribution in [0.1, 0.15) is 158 Å². The fourth-order valence-electron chi connectivity index (χ4n) is 9.96. The standard InChI is InChI=1S/C58H68N2/c1-35(2)41-13-21-45(22-14-41)59(46-23-15-42(16-24-46)36(3)4)55-33-53(39(9)10)49-30-32-52-56(34-54(40(11)12)50-29-31-51(55)57(49)58(50)52)60(47-25-17-43(18-26-47)37(5)6)48-27-19-44(20-28-48)38(7)8/h13-19,21-40,44,51,55H,20H2,1-12H3. The second-order valence-corrected chi connectivity index (χ2v) is 19.7. The highest BCUT2D eigenvalue weighted by Gasteiger charge is 2.38. The molecule has 0 saturated heterocycles. The zero-order valence-electron chi connectivity index (χ0n) is 38.4. The average molecular weight is 793 g/mol. The maximum atomic E-state index is 2.64. The highest BCUT2D eigenvalue weighted by molar-refractivity contribution is 6.08. The Labute approximate surface area is 362 Å². The fourth-order valence-corrected chi connectivity index (χ4v) is 9.96. The molecular weight excluding hydrogens is 725 g/mol. The molecule has 0 aliphatic heterocycles. The van der Waals surface area contributed by atoms with Crippen LogP contribution in [0.4, 0.5) is 22.7 Å². The normalized spacial score (nSPS) is 18.4. The number of nitrogens with zero attached hydrogens (tertiary/aromatic N) is 2. The van der Waals surface area contributed by atoms with Gasteiger partial charge in [0.15, 0.2) is 0 Å². The summed E-state index contributed by atoms with van der Waals surface area (Å²) in [5.41, 5.74) is 17.4. The van der Waals surface area contributed by atoms with Crippen molar-refractivity contribution in [3.63, 3.8) is 0 Å². The van der Waals surface area contributed by atoms with Gasteiger partial charge in [-0.25, -0.2) is 0 Å². The molecule has 0 fully saturated rings. The van der Waals surface area contributed by atoms with Gasteiger partial charge in [-0.1, -0.05) is 162 Å². The van der Waals surface area contributed by atoms with Crippen molar-refractivity contribution in [2.45, 2.75) is 125 Å². The summed E-state index contributed by atoms with van der Waals surface area (Å²) in [7, 11) is 0. The van der Waals surface area contributed by atoms with Crippen LogP contribution in [0.5, 0.6) is 0 Å². The van der Waals surface area contributed by atoms with Gasteiger partial charge in [0.2, 0.25) is 0 Å². The molecule has 0 bridgehead atoms. The van der Waals surface area contributed by atoms with E-state index in [0.717, 1.165) is 6.42 Å². The molecule has 3 atom stereocenters. The van der Waals surface area contributed by atoms with Crippen molar-refractivity contribution in [1.82, 2.24) is 0 Å². The average Bonchev–Trinajstić information content (AvgIpc) is 3.24. The quantitative estimate of drug-likeness (QED) is 0.124. The summed E-state index contributed by atoms with van der Waals surface area (Å²) in [6.45, 7) is 27.9. The van der Waals surface area contributed by atoms with Gasteiger partial charge in [-0.3, -0.25) is 0 Å². The molecule has 8 rings (SSSR count). The Morgan fingerprint density at radius 3 is 1.57 bits per heavy atom. The third-order valence-electron chi connectivity index (χ3n) is 13.7. The lowest BCUT2D eigenvalue weighted by molar-refractivity contribution is 0.466. The minimum atomic E-state index is 0.0856. The van der Waals surface area contributed by atoms with Gasteiger partial charge in [0, 0.05) is 34.1 Å². The summed E-state index contributed by atoms with van der Waals surface area (Å²) in [5.74, 6) is 3.46. The van der Waals surface area contributed by atoms with E-state index >= 15 is 0 Å². The van der Waals surface area contributed by atoms with Crippen molar-refractivity contribution >= 4 is 45.2 Å². The Kier molecular flexibility index (Phi) is 11.6. The largest absolute Gasteiger partial charge is 0.334 e. The van der Waals surface area contributed by atoms with E-state index in [4.69, 9.17) is 0 Å². The Morgan fingerprint density at radius 2 is 1.10 bits per heavy atom. The van der Waals surface area contributed by atoms with E-state index in [1.54, 1.807) is 0 Å². The first-order chi connectivity index (χ1) is 28.7. The molecule has 0 aromatic heterocycles. The molecular formula is C58H68N2. The van der Waals surface area contributed by atoms with E-state index in [1.807, 2.05) is 0 Å². The smallest absolute Gasteiger partial charge is 0.0632 e. The van der Waals surface area contributed by atoms with Crippen LogP contribution in [0.3, 0.4) is 0 Å². The third-order valence-corrected chi connectivity index (χ3v) is 13.7. The number of hydrogen-bond acceptors (Lipinski definition) is 2. The molecule has 2 heteroatoms. The molecule has 60 heavy (non-hydrogen) atoms. The second-order valence-electron chi connectivity index (χ2n) is 19.7. The molecule has 0 radical (unpaired) electrons. The number of hydrogen-bond donors (Lipinski definition) is 0. The molecule has 3 aliphatic carbocycles. The lowest BCUT2D eigenvalue weighted by Gasteiger charge is -2.43. The van der Waals surface area contributed by atoms with Gasteiger partial charge < -0.3 is 9.80 Å². The summed E-state index contributed by atoms with van der Waals surface area (Å²) in [6, 6.07) is 35.7. The predicted octanol–water partition coefficient (Wildman–Crippen LogP) is 17.0. The molecule has 0 amide bonds. The second kappa shape index (κ2) is 16.8. The van der Waals surface area contributed by atoms with E-state index < -0.39 is 0 Å². The third kappa shape index (κ3) is 7.61. The Balaban J connectivity index is 1.38. The van der Waals surface area contributed by atoms with Crippen LogP contribution in [0, 0.1) is 17.8 Å². The molecule has 3 aliphatic rings. The zero-order chi connectivity index (χ0) is 42.6. The first-order valence-electron chi connectivity index (χ1n) is 23.0. The lowest BCUT2D eigenvalue weighted by atomic mass is 9.70. The van der Waals surface area contributed by atoms with Crippen molar-refractivity contribution in [3.8, 4) is 0 Å². The summed E-state index contributed by atoms with van der Waals surface area (Å²) < 4.78 is 0. The first kappa shape index (κ1) is 41.6. The molecule has 3 unspecified atom stereocenters. The highest BCUT2D eigenvalue weighted by Crippen LogP contribution is 2.53. The van der Waals surface area contributed by atoms with Crippen LogP contribution in [0.2, 0.25) is 0 Å². The maximum Gasteiger partial charge on any atom is 0.0632 e. The molecule has 0 heterocycles. The van der Waals surface area contributed by atoms with Crippen LogP contribution in [0.15, 0.2) is 127 Å². The van der Waals surface area contributed by atoms with Crippen LogP contribution >= 0.6 is 0 Å². The van der Waals surface area contributed by atoms with Gasteiger partial charge in [-0.05, 0) is 146 Å². The number of anilines is 4. The first-order valence-corrected chi connectivity index (χ1v) is 23.0. The van der Waals surface area contributed by atoms with E-state index in [2.05, 4.69) is 220 Å². The minimum Gasteiger partial charge on any atom is -0.334 e. The Bertz CT molecular complexity index is 2410. The van der Waals surface area contributed by atoms with Crippen LogP contribution in [0.25, 0.3) is 22.4 Å². The van der Waals surface area contributed by atoms with Gasteiger partial charge in [0.05, 0.1) is 11.7 Å². The molecule has 2 nitrogen and oxygen atoms in total. The van der Waals surface area contributed by atoms with Gasteiger partial charge in [-0.15, -0.1) is 0 Å². The van der Waals surface area contributed by atoms with E-state index in [1.165, 1.54) is 83.7 Å².